The molecule has 1 fully saturated rings. The highest BCUT2D eigenvalue weighted by Crippen LogP contribution is 2.22. The zero-order valence-electron chi connectivity index (χ0n) is 13.4. The van der Waals surface area contributed by atoms with Crippen molar-refractivity contribution in [2.24, 2.45) is 5.92 Å². The Morgan fingerprint density at radius 1 is 1.39 bits per heavy atom. The lowest BCUT2D eigenvalue weighted by Gasteiger charge is -2.17. The molecule has 1 amide bonds. The van der Waals surface area contributed by atoms with Crippen LogP contribution in [-0.4, -0.2) is 50.2 Å². The Morgan fingerprint density at radius 2 is 2.13 bits per heavy atom. The molecule has 23 heavy (non-hydrogen) atoms. The summed E-state index contributed by atoms with van der Waals surface area (Å²) in [6.45, 7) is 1.62. The van der Waals surface area contributed by atoms with Gasteiger partial charge < -0.3 is 10.0 Å². The number of carbonyl (C=O) groups excluding carboxylic acids is 1. The summed E-state index contributed by atoms with van der Waals surface area (Å²) in [6, 6.07) is 7.87. The summed E-state index contributed by atoms with van der Waals surface area (Å²) >= 11 is 0. The third kappa shape index (κ3) is 5.93. The first kappa shape index (κ1) is 17.9. The first-order valence-electron chi connectivity index (χ1n) is 7.78. The number of aliphatic hydroxyl groups is 1. The number of hydrogen-bond donors (Lipinski definition) is 2. The minimum Gasteiger partial charge on any atom is -0.392 e. The highest BCUT2D eigenvalue weighted by Gasteiger charge is 2.26. The number of amides is 1. The molecule has 6 nitrogen and oxygen atoms in total. The van der Waals surface area contributed by atoms with Crippen molar-refractivity contribution in [3.8, 4) is 0 Å². The van der Waals surface area contributed by atoms with Gasteiger partial charge in [0.2, 0.25) is 15.9 Å². The lowest BCUT2D eigenvalue weighted by Crippen LogP contribution is -2.33. The first-order chi connectivity index (χ1) is 10.9. The Labute approximate surface area is 137 Å². The largest absolute Gasteiger partial charge is 0.392 e. The number of nitrogens with zero attached hydrogens (tertiary/aromatic N) is 1. The van der Waals surface area contributed by atoms with E-state index in [1.165, 1.54) is 5.56 Å². The van der Waals surface area contributed by atoms with Crippen LogP contribution >= 0.6 is 0 Å². The third-order valence-corrected chi connectivity index (χ3v) is 4.77. The van der Waals surface area contributed by atoms with E-state index in [4.69, 9.17) is 0 Å². The molecule has 0 bridgehead atoms. The van der Waals surface area contributed by atoms with Crippen LogP contribution in [0.3, 0.4) is 0 Å². The Bertz CT molecular complexity index is 645. The van der Waals surface area contributed by atoms with Crippen molar-refractivity contribution in [2.75, 3.05) is 25.9 Å². The molecular formula is C16H24N2O4S. The van der Waals surface area contributed by atoms with Gasteiger partial charge in [-0.2, -0.15) is 0 Å². The monoisotopic (exact) mass is 340 g/mol. The molecule has 1 saturated heterocycles. The molecule has 2 rings (SSSR count). The number of aliphatic hydroxyl groups excluding tert-OH is 1. The van der Waals surface area contributed by atoms with Crippen LogP contribution in [0.5, 0.6) is 0 Å². The first-order valence-corrected chi connectivity index (χ1v) is 9.67. The van der Waals surface area contributed by atoms with Gasteiger partial charge in [0, 0.05) is 26.1 Å². The molecule has 1 aromatic carbocycles. The quantitative estimate of drug-likeness (QED) is 0.757. The van der Waals surface area contributed by atoms with Crippen LogP contribution in [-0.2, 0) is 27.8 Å². The predicted molar refractivity (Wildman–Crippen MR) is 88.2 cm³/mol. The van der Waals surface area contributed by atoms with E-state index in [0.717, 1.165) is 31.2 Å². The topological polar surface area (TPSA) is 86.7 Å². The van der Waals surface area contributed by atoms with Crippen LogP contribution < -0.4 is 4.72 Å². The maximum Gasteiger partial charge on any atom is 0.223 e. The number of likely N-dealkylation sites (tertiary alicyclic amines) is 1. The Morgan fingerprint density at radius 3 is 2.83 bits per heavy atom. The molecule has 1 atom stereocenters. The molecule has 0 aromatic heterocycles. The van der Waals surface area contributed by atoms with Crippen molar-refractivity contribution in [3.05, 3.63) is 35.4 Å². The Balaban J connectivity index is 1.80. The van der Waals surface area contributed by atoms with Gasteiger partial charge in [-0.25, -0.2) is 13.1 Å². The molecule has 1 aliphatic heterocycles. The minimum atomic E-state index is -3.24. The standard InChI is InChI=1S/C16H24N2O4S/c1-23(21,22)17-7-5-16(20)18-8-6-14(11-18)9-13-3-2-4-15(10-13)12-19/h2-4,10,14,17,19H,5-9,11-12H2,1H3/t14-/m0/s1. The van der Waals surface area contributed by atoms with Crippen molar-refractivity contribution >= 4 is 15.9 Å². The molecule has 0 saturated carbocycles. The molecule has 0 unspecified atom stereocenters. The fraction of sp³-hybridized carbons (Fsp3) is 0.562. The highest BCUT2D eigenvalue weighted by atomic mass is 32.2. The second-order valence-electron chi connectivity index (χ2n) is 6.09. The van der Waals surface area contributed by atoms with Gasteiger partial charge in [-0.3, -0.25) is 4.79 Å². The maximum atomic E-state index is 12.1. The number of rotatable bonds is 7. The van der Waals surface area contributed by atoms with Crippen molar-refractivity contribution in [3.63, 3.8) is 0 Å². The molecule has 0 radical (unpaired) electrons. The third-order valence-electron chi connectivity index (χ3n) is 4.04. The number of carbonyl (C=O) groups is 1. The van der Waals surface area contributed by atoms with Crippen molar-refractivity contribution in [1.82, 2.24) is 9.62 Å². The van der Waals surface area contributed by atoms with Crippen LogP contribution in [0.25, 0.3) is 0 Å². The van der Waals surface area contributed by atoms with Gasteiger partial charge in [0.1, 0.15) is 0 Å². The average molecular weight is 340 g/mol. The van der Waals surface area contributed by atoms with Gasteiger partial charge in [-0.15, -0.1) is 0 Å². The van der Waals surface area contributed by atoms with Crippen molar-refractivity contribution < 1.29 is 18.3 Å². The maximum absolute atomic E-state index is 12.1. The molecule has 2 N–H and O–H groups in total. The summed E-state index contributed by atoms with van der Waals surface area (Å²) in [4.78, 5) is 13.9. The zero-order valence-corrected chi connectivity index (χ0v) is 14.2. The van der Waals surface area contributed by atoms with Gasteiger partial charge in [-0.05, 0) is 29.9 Å². The van der Waals surface area contributed by atoms with Crippen molar-refractivity contribution in [1.29, 1.82) is 0 Å². The Kier molecular flexibility index (Phi) is 6.15. The highest BCUT2D eigenvalue weighted by molar-refractivity contribution is 7.88. The normalized spacial score (nSPS) is 18.3. The average Bonchev–Trinajstić information content (AvgIpc) is 2.94. The van der Waals surface area contributed by atoms with E-state index in [1.54, 1.807) is 0 Å². The summed E-state index contributed by atoms with van der Waals surface area (Å²) in [5.41, 5.74) is 2.08. The van der Waals surface area contributed by atoms with Gasteiger partial charge in [-0.1, -0.05) is 24.3 Å². The number of hydrogen-bond acceptors (Lipinski definition) is 4. The molecule has 1 aliphatic rings. The second-order valence-corrected chi connectivity index (χ2v) is 7.93. The van der Waals surface area contributed by atoms with Crippen LogP contribution in [0.1, 0.15) is 24.0 Å². The van der Waals surface area contributed by atoms with E-state index in [1.807, 2.05) is 29.2 Å². The molecule has 7 heteroatoms. The number of benzene rings is 1. The number of sulfonamides is 1. The molecule has 0 spiro atoms. The van der Waals surface area contributed by atoms with Gasteiger partial charge >= 0.3 is 0 Å². The van der Waals surface area contributed by atoms with Crippen LogP contribution in [0.15, 0.2) is 24.3 Å². The zero-order chi connectivity index (χ0) is 16.9. The predicted octanol–water partition coefficient (Wildman–Crippen LogP) is 0.509. The minimum absolute atomic E-state index is 0.00670. The van der Waals surface area contributed by atoms with E-state index in [0.29, 0.717) is 12.5 Å². The fourth-order valence-electron chi connectivity index (χ4n) is 2.92. The van der Waals surface area contributed by atoms with Gasteiger partial charge in [0.25, 0.3) is 0 Å². The summed E-state index contributed by atoms with van der Waals surface area (Å²) in [5.74, 6) is 0.406. The summed E-state index contributed by atoms with van der Waals surface area (Å²) < 4.78 is 24.3. The molecule has 1 aromatic rings. The van der Waals surface area contributed by atoms with Crippen LogP contribution in [0, 0.1) is 5.92 Å². The number of nitrogens with one attached hydrogen (secondary N) is 1. The van der Waals surface area contributed by atoms with E-state index in [9.17, 15) is 18.3 Å². The van der Waals surface area contributed by atoms with E-state index >= 15 is 0 Å². The van der Waals surface area contributed by atoms with Crippen molar-refractivity contribution in [2.45, 2.75) is 25.9 Å². The Hall–Kier alpha value is -1.44. The van der Waals surface area contributed by atoms with Gasteiger partial charge in [0.05, 0.1) is 12.9 Å². The molecular weight excluding hydrogens is 316 g/mol. The smallest absolute Gasteiger partial charge is 0.223 e. The van der Waals surface area contributed by atoms with Gasteiger partial charge in [0.15, 0.2) is 0 Å². The van der Waals surface area contributed by atoms with E-state index in [2.05, 4.69) is 4.72 Å². The van der Waals surface area contributed by atoms with E-state index in [-0.39, 0.29) is 25.5 Å². The molecule has 0 aliphatic carbocycles. The summed E-state index contributed by atoms with van der Waals surface area (Å²) in [7, 11) is -3.24. The molecule has 128 valence electrons. The lowest BCUT2D eigenvalue weighted by atomic mass is 9.97. The summed E-state index contributed by atoms with van der Waals surface area (Å²) in [6.07, 6.45) is 3.12. The fourth-order valence-corrected chi connectivity index (χ4v) is 3.39. The summed E-state index contributed by atoms with van der Waals surface area (Å²) in [5, 5.41) is 9.18. The SMILES string of the molecule is CS(=O)(=O)NCCC(=O)N1CC[C@@H](Cc2cccc(CO)c2)C1. The van der Waals surface area contributed by atoms with E-state index < -0.39 is 10.0 Å². The lowest BCUT2D eigenvalue weighted by molar-refractivity contribution is -0.130. The molecule has 1 heterocycles. The van der Waals surface area contributed by atoms with Crippen LogP contribution in [0.2, 0.25) is 0 Å². The van der Waals surface area contributed by atoms with Crippen LogP contribution in [0.4, 0.5) is 0 Å². The second kappa shape index (κ2) is 7.90.